The lowest BCUT2D eigenvalue weighted by Crippen LogP contribution is -2.53. The quantitative estimate of drug-likeness (QED) is 0.0886. The zero-order chi connectivity index (χ0) is 47.2. The average Bonchev–Trinajstić information content (AvgIpc) is 4.06. The van der Waals surface area contributed by atoms with E-state index in [2.05, 4.69) is 20.6 Å². The van der Waals surface area contributed by atoms with E-state index in [1.807, 2.05) is 76.2 Å². The Labute approximate surface area is 384 Å². The van der Waals surface area contributed by atoms with Crippen LogP contribution in [0.2, 0.25) is 0 Å². The summed E-state index contributed by atoms with van der Waals surface area (Å²) in [6, 6.07) is 13.0. The molecule has 2 aromatic heterocycles. The molecule has 4 aromatic rings. The molecule has 0 bridgehead atoms. The first-order chi connectivity index (χ1) is 31.3. The number of nitrogens with one attached hydrogen (secondary N) is 4. The van der Waals surface area contributed by atoms with Crippen LogP contribution >= 0.6 is 0 Å². The van der Waals surface area contributed by atoms with Gasteiger partial charge in [-0.15, -0.1) is 0 Å². The highest BCUT2D eigenvalue weighted by Crippen LogP contribution is 2.46. The number of nitrogens with zero attached hydrogens (tertiary/aromatic N) is 4. The summed E-state index contributed by atoms with van der Waals surface area (Å²) in [5.41, 5.74) is 5.05. The van der Waals surface area contributed by atoms with Gasteiger partial charge in [0.25, 0.3) is 0 Å². The predicted octanol–water partition coefficient (Wildman–Crippen LogP) is 7.09. The van der Waals surface area contributed by atoms with Crippen LogP contribution in [0.3, 0.4) is 0 Å². The fourth-order valence-corrected chi connectivity index (χ4v) is 10.2. The molecule has 66 heavy (non-hydrogen) atoms. The molecule has 2 aromatic carbocycles. The molecule has 8 rings (SSSR count). The number of amides is 4. The van der Waals surface area contributed by atoms with Gasteiger partial charge in [-0.3, -0.25) is 9.59 Å². The Morgan fingerprint density at radius 1 is 0.591 bits per heavy atom. The van der Waals surface area contributed by atoms with Crippen LogP contribution in [0, 0.1) is 11.8 Å². The second kappa shape index (κ2) is 18.5. The molecule has 8 atom stereocenters. The van der Waals surface area contributed by atoms with Gasteiger partial charge in [0.2, 0.25) is 11.8 Å². The number of aromatic nitrogens is 4. The molecule has 4 aliphatic rings. The van der Waals surface area contributed by atoms with Crippen LogP contribution in [0.15, 0.2) is 60.9 Å². The molecule has 18 heteroatoms. The van der Waals surface area contributed by atoms with E-state index in [0.29, 0.717) is 35.9 Å². The highest BCUT2D eigenvalue weighted by Gasteiger charge is 2.55. The van der Waals surface area contributed by atoms with E-state index in [1.165, 1.54) is 0 Å². The zero-order valence-corrected chi connectivity index (χ0v) is 38.7. The number of ether oxygens (including phenoxy) is 4. The van der Waals surface area contributed by atoms with Gasteiger partial charge in [-0.1, -0.05) is 76.2 Å². The Bertz CT molecular complexity index is 2210. The first-order valence-corrected chi connectivity index (χ1v) is 22.9. The van der Waals surface area contributed by atoms with Crippen molar-refractivity contribution in [2.24, 2.45) is 11.8 Å². The molecule has 6 heterocycles. The van der Waals surface area contributed by atoms with Crippen LogP contribution in [-0.2, 0) is 28.5 Å². The van der Waals surface area contributed by atoms with Gasteiger partial charge < -0.3 is 59.6 Å². The minimum Gasteiger partial charge on any atom is -0.465 e. The van der Waals surface area contributed by atoms with E-state index >= 15 is 0 Å². The van der Waals surface area contributed by atoms with Crippen molar-refractivity contribution in [1.29, 1.82) is 0 Å². The van der Waals surface area contributed by atoms with E-state index in [-0.39, 0.29) is 61.2 Å². The van der Waals surface area contributed by atoms with E-state index in [4.69, 9.17) is 28.9 Å². The second-order valence-electron chi connectivity index (χ2n) is 19.2. The van der Waals surface area contributed by atoms with Crippen molar-refractivity contribution in [3.63, 3.8) is 0 Å². The molecule has 6 N–H and O–H groups in total. The van der Waals surface area contributed by atoms with Crippen molar-refractivity contribution >= 4 is 24.0 Å². The Morgan fingerprint density at radius 3 is 1.21 bits per heavy atom. The third kappa shape index (κ3) is 9.68. The Balaban J connectivity index is 0.988. The van der Waals surface area contributed by atoms with E-state index in [9.17, 15) is 29.4 Å². The summed E-state index contributed by atoms with van der Waals surface area (Å²) in [5, 5.41) is 23.9. The number of rotatable bonds is 11. The largest absolute Gasteiger partial charge is 0.465 e. The zero-order valence-electron chi connectivity index (χ0n) is 38.7. The first-order valence-electron chi connectivity index (χ1n) is 22.9. The van der Waals surface area contributed by atoms with Gasteiger partial charge in [-0.25, -0.2) is 19.6 Å². The summed E-state index contributed by atoms with van der Waals surface area (Å²) in [6.45, 7) is 15.4. The van der Waals surface area contributed by atoms with E-state index in [0.717, 1.165) is 35.1 Å². The molecule has 354 valence electrons. The highest BCUT2D eigenvalue weighted by molar-refractivity contribution is 5.87. The van der Waals surface area contributed by atoms with Crippen molar-refractivity contribution in [1.82, 2.24) is 40.4 Å². The fraction of sp³-hybridized carbons (Fsp3) is 0.542. The molecule has 0 unspecified atom stereocenters. The molecule has 4 aliphatic heterocycles. The summed E-state index contributed by atoms with van der Waals surface area (Å²) in [5.74, 6) is -2.33. The van der Waals surface area contributed by atoms with Gasteiger partial charge in [-0.05, 0) is 63.5 Å². The van der Waals surface area contributed by atoms with Crippen LogP contribution in [0.5, 0.6) is 0 Å². The second-order valence-corrected chi connectivity index (χ2v) is 19.2. The van der Waals surface area contributed by atoms with Crippen molar-refractivity contribution in [3.8, 4) is 33.6 Å². The number of carboxylic acid groups (broad SMARTS) is 2. The molecule has 0 radical (unpaired) electrons. The maximum Gasteiger partial charge on any atom is 0.405 e. The minimum absolute atomic E-state index is 0.0851. The topological polar surface area (TPSA) is 234 Å². The molecule has 2 spiro atoms. The van der Waals surface area contributed by atoms with Crippen molar-refractivity contribution < 1.29 is 48.3 Å². The molecule has 0 aliphatic carbocycles. The predicted molar refractivity (Wildman–Crippen MR) is 242 cm³/mol. The minimum atomic E-state index is -1.27. The highest BCUT2D eigenvalue weighted by atomic mass is 16.7. The molecular formula is C48H62N8O10. The summed E-state index contributed by atoms with van der Waals surface area (Å²) in [7, 11) is 0. The number of imidazole rings is 2. The smallest absolute Gasteiger partial charge is 0.405 e. The molecule has 18 nitrogen and oxygen atoms in total. The van der Waals surface area contributed by atoms with Crippen LogP contribution < -0.4 is 10.6 Å². The Kier molecular flexibility index (Phi) is 13.1. The number of likely N-dealkylation sites (tertiary alicyclic amines) is 2. The van der Waals surface area contributed by atoms with Crippen molar-refractivity contribution in [2.45, 2.75) is 141 Å². The number of hydrogen-bond donors (Lipinski definition) is 6. The number of aromatic amines is 2. The number of H-pyrrole nitrogens is 2. The molecule has 0 saturated carbocycles. The number of carbonyl (C=O) groups excluding carboxylic acids is 2. The SMILES string of the molecule is CC(C)[C@H](NC(=O)O)C(=O)N1CC2(C[C@H]1c1nc(-c3ccc(-c4ccc(-c5c[nH]c([C@@H]6CC7(CN6C(=O)[C@@H](NC(=O)O)C(C)C)O[C@@H](C)C[C@H](C)O7)n5)cc4)cc3)c[nH]1)O[C@@H](C)C[C@H](C)O2. The monoisotopic (exact) mass is 910 g/mol. The van der Waals surface area contributed by atoms with Gasteiger partial charge in [-0.2, -0.15) is 0 Å². The van der Waals surface area contributed by atoms with Gasteiger partial charge >= 0.3 is 12.2 Å². The van der Waals surface area contributed by atoms with Crippen LogP contribution in [-0.4, -0.2) is 125 Å². The average molecular weight is 911 g/mol. The van der Waals surface area contributed by atoms with Crippen LogP contribution in [0.1, 0.15) is 105 Å². The third-order valence-corrected chi connectivity index (χ3v) is 13.1. The lowest BCUT2D eigenvalue weighted by molar-refractivity contribution is -0.304. The fourth-order valence-electron chi connectivity index (χ4n) is 10.2. The van der Waals surface area contributed by atoms with Gasteiger partial charge in [0.1, 0.15) is 23.7 Å². The van der Waals surface area contributed by atoms with Gasteiger partial charge in [0.15, 0.2) is 11.6 Å². The number of carbonyl (C=O) groups is 4. The molecule has 4 fully saturated rings. The summed E-state index contributed by atoms with van der Waals surface area (Å²) in [4.78, 5) is 71.4. The lowest BCUT2D eigenvalue weighted by atomic mass is 10.0. The maximum absolute atomic E-state index is 14.1. The first kappa shape index (κ1) is 46.7. The van der Waals surface area contributed by atoms with Gasteiger partial charge in [0, 0.05) is 36.4 Å². The third-order valence-electron chi connectivity index (χ3n) is 13.1. The van der Waals surface area contributed by atoms with E-state index < -0.39 is 47.9 Å². The molecule has 4 saturated heterocycles. The lowest BCUT2D eigenvalue weighted by Gasteiger charge is -2.40. The van der Waals surface area contributed by atoms with E-state index in [1.54, 1.807) is 49.9 Å². The molecule has 4 amide bonds. The molecular weight excluding hydrogens is 849 g/mol. The number of benzene rings is 2. The summed E-state index contributed by atoms with van der Waals surface area (Å²) in [6.07, 6.45) is 2.84. The van der Waals surface area contributed by atoms with Gasteiger partial charge in [0.05, 0.1) is 61.0 Å². The summed E-state index contributed by atoms with van der Waals surface area (Å²) < 4.78 is 25.5. The Morgan fingerprint density at radius 2 is 0.909 bits per heavy atom. The maximum atomic E-state index is 14.1. The van der Waals surface area contributed by atoms with Crippen LogP contribution in [0.4, 0.5) is 9.59 Å². The van der Waals surface area contributed by atoms with Crippen LogP contribution in [0.25, 0.3) is 33.6 Å². The summed E-state index contributed by atoms with van der Waals surface area (Å²) >= 11 is 0. The standard InChI is InChI=1S/C48H62N8O10/c1-25(2)39(53-45(59)60)43(57)55-23-47(63-27(5)17-28(6)64-47)19-37(55)41-49-21-35(51-41)33-13-9-31(10-14-33)32-11-15-34(16-12-32)36-22-50-42(52-36)38-20-48(65-29(7)18-30(8)66-48)24-56(38)44(58)40(26(3)4)54-46(61)62/h9-16,21-22,25-30,37-40,53-54H,17-20,23-24H2,1-8H3,(H,49,51)(H,50,52)(H,59,60)(H,61,62)/t27-,28-,29-,30-,37-,38-,39-,40-/m0/s1. The van der Waals surface area contributed by atoms with Crippen molar-refractivity contribution in [3.05, 3.63) is 72.6 Å². The Hall–Kier alpha value is -5.82. The normalized spacial score (nSPS) is 28.6. The van der Waals surface area contributed by atoms with Crippen molar-refractivity contribution in [2.75, 3.05) is 13.1 Å². The number of hydrogen-bond acceptors (Lipinski definition) is 10.